The fourth-order valence-corrected chi connectivity index (χ4v) is 2.62. The van der Waals surface area contributed by atoms with Crippen molar-refractivity contribution in [2.24, 2.45) is 0 Å². The lowest BCUT2D eigenvalue weighted by Crippen LogP contribution is -2.13. The first kappa shape index (κ1) is 14.3. The summed E-state index contributed by atoms with van der Waals surface area (Å²) in [5.41, 5.74) is 1.82. The van der Waals surface area contributed by atoms with Crippen LogP contribution in [0.1, 0.15) is 21.9 Å². The second-order valence-electron chi connectivity index (χ2n) is 5.32. The Morgan fingerprint density at radius 1 is 0.958 bits per heavy atom. The minimum Gasteiger partial charge on any atom is -0.463 e. The second kappa shape index (κ2) is 6.04. The van der Waals surface area contributed by atoms with Crippen LogP contribution >= 0.6 is 0 Å². The second-order valence-corrected chi connectivity index (χ2v) is 5.32. The molecule has 4 rings (SSSR count). The lowest BCUT2D eigenvalue weighted by atomic mass is 10.2. The van der Waals surface area contributed by atoms with Gasteiger partial charge in [0.1, 0.15) is 5.69 Å². The SMILES string of the molecule is O=C(c1ccco1)c1ncc(-c2ccco2)n1Cc1ccccc1. The number of aromatic nitrogens is 2. The highest BCUT2D eigenvalue weighted by Crippen LogP contribution is 2.24. The Labute approximate surface area is 138 Å². The van der Waals surface area contributed by atoms with E-state index in [1.807, 2.05) is 47.0 Å². The Bertz CT molecular complexity index is 936. The molecule has 0 aliphatic rings. The molecule has 4 aromatic rings. The van der Waals surface area contributed by atoms with Gasteiger partial charge in [0.2, 0.25) is 0 Å². The molecule has 0 saturated heterocycles. The number of hydrogen-bond donors (Lipinski definition) is 0. The zero-order valence-corrected chi connectivity index (χ0v) is 12.8. The molecule has 0 bridgehead atoms. The molecule has 3 heterocycles. The Kier molecular flexibility index (Phi) is 3.59. The molecule has 0 amide bonds. The highest BCUT2D eigenvalue weighted by molar-refractivity contribution is 6.05. The van der Waals surface area contributed by atoms with Crippen molar-refractivity contribution in [1.82, 2.24) is 9.55 Å². The highest BCUT2D eigenvalue weighted by atomic mass is 16.3. The maximum atomic E-state index is 12.7. The average molecular weight is 318 g/mol. The Morgan fingerprint density at radius 2 is 1.75 bits per heavy atom. The van der Waals surface area contributed by atoms with Crippen LogP contribution in [0.15, 0.2) is 82.2 Å². The molecular weight excluding hydrogens is 304 g/mol. The van der Waals surface area contributed by atoms with Crippen LogP contribution in [0, 0.1) is 0 Å². The predicted molar refractivity (Wildman–Crippen MR) is 87.6 cm³/mol. The molecule has 0 unspecified atom stereocenters. The topological polar surface area (TPSA) is 61.2 Å². The summed E-state index contributed by atoms with van der Waals surface area (Å²) in [6.07, 6.45) is 4.73. The van der Waals surface area contributed by atoms with Gasteiger partial charge < -0.3 is 13.4 Å². The van der Waals surface area contributed by atoms with E-state index < -0.39 is 0 Å². The summed E-state index contributed by atoms with van der Waals surface area (Å²) in [5, 5.41) is 0. The Hall–Kier alpha value is -3.34. The van der Waals surface area contributed by atoms with Crippen LogP contribution in [0.5, 0.6) is 0 Å². The fraction of sp³-hybridized carbons (Fsp3) is 0.0526. The van der Waals surface area contributed by atoms with Gasteiger partial charge in [-0.25, -0.2) is 4.98 Å². The van der Waals surface area contributed by atoms with E-state index in [0.717, 1.165) is 11.3 Å². The molecule has 0 aliphatic carbocycles. The van der Waals surface area contributed by atoms with E-state index in [2.05, 4.69) is 4.98 Å². The summed E-state index contributed by atoms with van der Waals surface area (Å²) >= 11 is 0. The Morgan fingerprint density at radius 3 is 2.46 bits per heavy atom. The highest BCUT2D eigenvalue weighted by Gasteiger charge is 2.22. The van der Waals surface area contributed by atoms with Gasteiger partial charge in [0.15, 0.2) is 17.3 Å². The largest absolute Gasteiger partial charge is 0.463 e. The van der Waals surface area contributed by atoms with Gasteiger partial charge in [-0.15, -0.1) is 0 Å². The van der Waals surface area contributed by atoms with Crippen LogP contribution in [0.3, 0.4) is 0 Å². The number of carbonyl (C=O) groups is 1. The maximum absolute atomic E-state index is 12.7. The van der Waals surface area contributed by atoms with E-state index in [4.69, 9.17) is 8.83 Å². The molecule has 1 aromatic carbocycles. The van der Waals surface area contributed by atoms with E-state index in [1.54, 1.807) is 24.6 Å². The number of furan rings is 2. The number of nitrogens with zero attached hydrogens (tertiary/aromatic N) is 2. The van der Waals surface area contributed by atoms with Gasteiger partial charge in [0.25, 0.3) is 5.78 Å². The van der Waals surface area contributed by atoms with Crippen molar-refractivity contribution >= 4 is 5.78 Å². The van der Waals surface area contributed by atoms with Gasteiger partial charge in [-0.2, -0.15) is 0 Å². The zero-order chi connectivity index (χ0) is 16.4. The van der Waals surface area contributed by atoms with Crippen molar-refractivity contribution in [3.63, 3.8) is 0 Å². The summed E-state index contributed by atoms with van der Waals surface area (Å²) in [6.45, 7) is 0.513. The molecule has 0 fully saturated rings. The van der Waals surface area contributed by atoms with Crippen molar-refractivity contribution in [2.45, 2.75) is 6.54 Å². The number of hydrogen-bond acceptors (Lipinski definition) is 4. The summed E-state index contributed by atoms with van der Waals surface area (Å²) in [7, 11) is 0. The van der Waals surface area contributed by atoms with Gasteiger partial charge in [-0.05, 0) is 29.8 Å². The summed E-state index contributed by atoms with van der Waals surface area (Å²) in [5.74, 6) is 0.992. The van der Waals surface area contributed by atoms with Crippen LogP contribution < -0.4 is 0 Å². The average Bonchev–Trinajstić information content (AvgIpc) is 3.36. The molecule has 3 aromatic heterocycles. The number of ketones is 1. The smallest absolute Gasteiger partial charge is 0.263 e. The van der Waals surface area contributed by atoms with Crippen molar-refractivity contribution in [2.75, 3.05) is 0 Å². The van der Waals surface area contributed by atoms with E-state index in [-0.39, 0.29) is 11.5 Å². The van der Waals surface area contributed by atoms with Gasteiger partial charge in [0.05, 0.1) is 18.7 Å². The number of benzene rings is 1. The first-order valence-electron chi connectivity index (χ1n) is 7.54. The fourth-order valence-electron chi connectivity index (χ4n) is 2.62. The predicted octanol–water partition coefficient (Wildman–Crippen LogP) is 4.02. The molecule has 0 N–H and O–H groups in total. The van der Waals surface area contributed by atoms with Gasteiger partial charge in [0, 0.05) is 6.54 Å². The lowest BCUT2D eigenvalue weighted by Gasteiger charge is -2.10. The van der Waals surface area contributed by atoms with Crippen molar-refractivity contribution in [3.05, 3.63) is 90.5 Å². The van der Waals surface area contributed by atoms with Crippen molar-refractivity contribution in [1.29, 1.82) is 0 Å². The molecule has 0 atom stereocenters. The molecule has 0 spiro atoms. The molecule has 0 saturated carbocycles. The first-order chi connectivity index (χ1) is 11.8. The molecular formula is C19H14N2O3. The third kappa shape index (κ3) is 2.56. The van der Waals surface area contributed by atoms with E-state index in [1.165, 1.54) is 6.26 Å². The third-order valence-electron chi connectivity index (χ3n) is 3.76. The zero-order valence-electron chi connectivity index (χ0n) is 12.8. The minimum absolute atomic E-state index is 0.256. The molecule has 5 heteroatoms. The minimum atomic E-state index is -0.256. The number of rotatable bonds is 5. The molecule has 0 radical (unpaired) electrons. The first-order valence-corrected chi connectivity index (χ1v) is 7.54. The number of imidazole rings is 1. The van der Waals surface area contributed by atoms with Gasteiger partial charge in [-0.3, -0.25) is 4.79 Å². The van der Waals surface area contributed by atoms with E-state index in [9.17, 15) is 4.79 Å². The summed E-state index contributed by atoms with van der Waals surface area (Å²) < 4.78 is 12.6. The van der Waals surface area contributed by atoms with Gasteiger partial charge in [-0.1, -0.05) is 30.3 Å². The standard InChI is InChI=1S/C19H14N2O3/c22-18(17-9-5-11-24-17)19-20-12-15(16-8-4-10-23-16)21(19)13-14-6-2-1-3-7-14/h1-12H,13H2. The molecule has 0 aliphatic heterocycles. The van der Waals surface area contributed by atoms with Crippen LogP contribution in [0.25, 0.3) is 11.5 Å². The molecule has 5 nitrogen and oxygen atoms in total. The Balaban J connectivity index is 1.81. The molecule has 118 valence electrons. The van der Waals surface area contributed by atoms with Crippen LogP contribution in [-0.4, -0.2) is 15.3 Å². The third-order valence-corrected chi connectivity index (χ3v) is 3.76. The van der Waals surface area contributed by atoms with Crippen LogP contribution in [0.2, 0.25) is 0 Å². The lowest BCUT2D eigenvalue weighted by molar-refractivity contribution is 0.0996. The van der Waals surface area contributed by atoms with Crippen LogP contribution in [-0.2, 0) is 6.54 Å². The van der Waals surface area contributed by atoms with Crippen molar-refractivity contribution in [3.8, 4) is 11.5 Å². The summed E-state index contributed by atoms with van der Waals surface area (Å²) in [6, 6.07) is 16.9. The maximum Gasteiger partial charge on any atom is 0.263 e. The van der Waals surface area contributed by atoms with E-state index >= 15 is 0 Å². The number of carbonyl (C=O) groups excluding carboxylic acids is 1. The monoisotopic (exact) mass is 318 g/mol. The van der Waals surface area contributed by atoms with Crippen molar-refractivity contribution < 1.29 is 13.6 Å². The normalized spacial score (nSPS) is 10.8. The van der Waals surface area contributed by atoms with Crippen LogP contribution in [0.4, 0.5) is 0 Å². The van der Waals surface area contributed by atoms with E-state index in [0.29, 0.717) is 18.1 Å². The van der Waals surface area contributed by atoms with Gasteiger partial charge >= 0.3 is 0 Å². The molecule has 24 heavy (non-hydrogen) atoms. The summed E-state index contributed by atoms with van der Waals surface area (Å²) in [4.78, 5) is 17.0. The quantitative estimate of drug-likeness (QED) is 0.522.